The summed E-state index contributed by atoms with van der Waals surface area (Å²) >= 11 is 0. The van der Waals surface area contributed by atoms with Crippen LogP contribution in [0.4, 0.5) is 0 Å². The van der Waals surface area contributed by atoms with Crippen LogP contribution in [0.5, 0.6) is 0 Å². The maximum atomic E-state index is 11.6. The molecule has 0 saturated carbocycles. The molecule has 0 aromatic carbocycles. The molecule has 0 spiro atoms. The Hall–Kier alpha value is -0.170. The Balaban J connectivity index is 3.86. The van der Waals surface area contributed by atoms with E-state index in [2.05, 4.69) is 23.5 Å². The van der Waals surface area contributed by atoms with Crippen molar-refractivity contribution < 1.29 is 8.42 Å². The van der Waals surface area contributed by atoms with Crippen molar-refractivity contribution in [2.45, 2.75) is 46.1 Å². The normalized spacial score (nSPS) is 14.1. The Labute approximate surface area is 112 Å². The Morgan fingerprint density at radius 2 is 1.83 bits per heavy atom. The lowest BCUT2D eigenvalue weighted by Gasteiger charge is -2.19. The maximum absolute atomic E-state index is 11.6. The fraction of sp³-hybridized carbons (Fsp3) is 1.00. The number of sulfonamides is 1. The van der Waals surface area contributed by atoms with Crippen molar-refractivity contribution in [3.63, 3.8) is 0 Å². The summed E-state index contributed by atoms with van der Waals surface area (Å²) in [5.74, 6) is 0.129. The molecule has 0 heterocycles. The van der Waals surface area contributed by atoms with Gasteiger partial charge in [-0.05, 0) is 52.4 Å². The van der Waals surface area contributed by atoms with E-state index in [0.717, 1.165) is 32.5 Å². The second-order valence-electron chi connectivity index (χ2n) is 4.65. The summed E-state index contributed by atoms with van der Waals surface area (Å²) in [5.41, 5.74) is 5.31. The molecular weight excluding hydrogens is 250 g/mol. The lowest BCUT2D eigenvalue weighted by atomic mass is 10.2. The minimum Gasteiger partial charge on any atom is -0.330 e. The van der Waals surface area contributed by atoms with Gasteiger partial charge in [0.1, 0.15) is 0 Å². The largest absolute Gasteiger partial charge is 0.330 e. The molecule has 6 heteroatoms. The second-order valence-corrected chi connectivity index (χ2v) is 6.52. The Kier molecular flexibility index (Phi) is 9.63. The highest BCUT2D eigenvalue weighted by molar-refractivity contribution is 7.89. The van der Waals surface area contributed by atoms with Crippen LogP contribution in [0.15, 0.2) is 0 Å². The van der Waals surface area contributed by atoms with E-state index < -0.39 is 10.0 Å². The summed E-state index contributed by atoms with van der Waals surface area (Å²) < 4.78 is 26.0. The molecule has 0 aromatic rings. The fourth-order valence-electron chi connectivity index (χ4n) is 1.86. The number of rotatable bonds is 11. The first kappa shape index (κ1) is 17.8. The molecule has 0 saturated heterocycles. The third-order valence-corrected chi connectivity index (χ3v) is 4.59. The van der Waals surface area contributed by atoms with Crippen LogP contribution in [0.1, 0.15) is 40.0 Å². The molecule has 0 bridgehead atoms. The highest BCUT2D eigenvalue weighted by Gasteiger charge is 2.13. The van der Waals surface area contributed by atoms with E-state index in [0.29, 0.717) is 13.0 Å². The van der Waals surface area contributed by atoms with Gasteiger partial charge in [0.25, 0.3) is 0 Å². The van der Waals surface area contributed by atoms with E-state index in [4.69, 9.17) is 5.73 Å². The van der Waals surface area contributed by atoms with Gasteiger partial charge >= 0.3 is 0 Å². The van der Waals surface area contributed by atoms with Crippen LogP contribution in [0.25, 0.3) is 0 Å². The Bertz CT molecular complexity index is 290. The molecule has 0 amide bonds. The first-order chi connectivity index (χ1) is 8.45. The van der Waals surface area contributed by atoms with Gasteiger partial charge in [-0.25, -0.2) is 13.1 Å². The third kappa shape index (κ3) is 8.85. The van der Waals surface area contributed by atoms with Crippen LogP contribution in [-0.2, 0) is 10.0 Å². The fourth-order valence-corrected chi connectivity index (χ4v) is 3.25. The average Bonchev–Trinajstić information content (AvgIpc) is 2.31. The van der Waals surface area contributed by atoms with Gasteiger partial charge in [0, 0.05) is 6.04 Å². The van der Waals surface area contributed by atoms with E-state index in [9.17, 15) is 8.42 Å². The van der Waals surface area contributed by atoms with Crippen molar-refractivity contribution in [2.24, 2.45) is 5.73 Å². The van der Waals surface area contributed by atoms with Gasteiger partial charge in [-0.1, -0.05) is 13.8 Å². The van der Waals surface area contributed by atoms with E-state index >= 15 is 0 Å². The molecule has 0 aromatic heterocycles. The van der Waals surface area contributed by atoms with Crippen LogP contribution < -0.4 is 10.5 Å². The van der Waals surface area contributed by atoms with E-state index in [1.165, 1.54) is 0 Å². The number of nitrogens with one attached hydrogen (secondary N) is 1. The van der Waals surface area contributed by atoms with Gasteiger partial charge < -0.3 is 10.6 Å². The molecule has 1 atom stereocenters. The second kappa shape index (κ2) is 9.72. The van der Waals surface area contributed by atoms with Crippen molar-refractivity contribution in [3.8, 4) is 0 Å². The van der Waals surface area contributed by atoms with Crippen molar-refractivity contribution in [1.29, 1.82) is 0 Å². The van der Waals surface area contributed by atoms with E-state index in [-0.39, 0.29) is 11.8 Å². The van der Waals surface area contributed by atoms with Crippen molar-refractivity contribution in [2.75, 3.05) is 31.9 Å². The minimum atomic E-state index is -3.15. The summed E-state index contributed by atoms with van der Waals surface area (Å²) in [6.45, 7) is 9.74. The standard InChI is InChI=1S/C12H29N3O2S/c1-4-15(5-2)10-6-8-12(3)14-18(16,17)11-7-9-13/h12,14H,4-11,13H2,1-3H3. The zero-order chi connectivity index (χ0) is 14.0. The summed E-state index contributed by atoms with van der Waals surface area (Å²) in [5, 5.41) is 0. The summed E-state index contributed by atoms with van der Waals surface area (Å²) in [6.07, 6.45) is 2.40. The molecule has 5 nitrogen and oxygen atoms in total. The minimum absolute atomic E-state index is 0.00309. The summed E-state index contributed by atoms with van der Waals surface area (Å²) in [6, 6.07) is 0.00309. The highest BCUT2D eigenvalue weighted by Crippen LogP contribution is 2.02. The van der Waals surface area contributed by atoms with Gasteiger partial charge in [0.05, 0.1) is 5.75 Å². The van der Waals surface area contributed by atoms with Gasteiger partial charge in [0.15, 0.2) is 0 Å². The zero-order valence-electron chi connectivity index (χ0n) is 12.0. The van der Waals surface area contributed by atoms with Crippen molar-refractivity contribution in [3.05, 3.63) is 0 Å². The van der Waals surface area contributed by atoms with Crippen LogP contribution in [0, 0.1) is 0 Å². The van der Waals surface area contributed by atoms with Crippen LogP contribution in [0.3, 0.4) is 0 Å². The molecule has 0 rings (SSSR count). The predicted molar refractivity (Wildman–Crippen MR) is 77.1 cm³/mol. The number of nitrogens with two attached hydrogens (primary N) is 1. The predicted octanol–water partition coefficient (Wildman–Crippen LogP) is 0.765. The van der Waals surface area contributed by atoms with Gasteiger partial charge in [0.2, 0.25) is 10.0 Å². The highest BCUT2D eigenvalue weighted by atomic mass is 32.2. The lowest BCUT2D eigenvalue weighted by Crippen LogP contribution is -2.35. The summed E-state index contributed by atoms with van der Waals surface area (Å²) in [4.78, 5) is 2.34. The molecular formula is C12H29N3O2S. The topological polar surface area (TPSA) is 75.4 Å². The van der Waals surface area contributed by atoms with E-state index in [1.54, 1.807) is 0 Å². The molecule has 0 radical (unpaired) electrons. The molecule has 0 aliphatic rings. The van der Waals surface area contributed by atoms with Crippen LogP contribution in [0.2, 0.25) is 0 Å². The quantitative estimate of drug-likeness (QED) is 0.585. The van der Waals surface area contributed by atoms with Gasteiger partial charge in [-0.2, -0.15) is 0 Å². The zero-order valence-corrected chi connectivity index (χ0v) is 12.8. The SMILES string of the molecule is CCN(CC)CCCC(C)NS(=O)(=O)CCCN. The Morgan fingerprint density at radius 3 is 2.33 bits per heavy atom. The molecule has 18 heavy (non-hydrogen) atoms. The molecule has 3 N–H and O–H groups in total. The maximum Gasteiger partial charge on any atom is 0.211 e. The lowest BCUT2D eigenvalue weighted by molar-refractivity contribution is 0.293. The smallest absolute Gasteiger partial charge is 0.211 e. The average molecular weight is 279 g/mol. The number of nitrogens with zero attached hydrogens (tertiary/aromatic N) is 1. The van der Waals surface area contributed by atoms with Gasteiger partial charge in [-0.3, -0.25) is 0 Å². The molecule has 110 valence electrons. The first-order valence-electron chi connectivity index (χ1n) is 6.87. The van der Waals surface area contributed by atoms with Crippen molar-refractivity contribution in [1.82, 2.24) is 9.62 Å². The molecule has 0 fully saturated rings. The summed E-state index contributed by atoms with van der Waals surface area (Å²) in [7, 11) is -3.15. The van der Waals surface area contributed by atoms with Crippen LogP contribution >= 0.6 is 0 Å². The Morgan fingerprint density at radius 1 is 1.22 bits per heavy atom. The first-order valence-corrected chi connectivity index (χ1v) is 8.52. The molecule has 0 aliphatic heterocycles. The van der Waals surface area contributed by atoms with E-state index in [1.807, 2.05) is 6.92 Å². The molecule has 0 aliphatic carbocycles. The third-order valence-electron chi connectivity index (χ3n) is 3.00. The monoisotopic (exact) mass is 279 g/mol. The number of hydrogen-bond acceptors (Lipinski definition) is 4. The van der Waals surface area contributed by atoms with Crippen LogP contribution in [-0.4, -0.2) is 51.3 Å². The number of hydrogen-bond donors (Lipinski definition) is 2. The molecule has 1 unspecified atom stereocenters. The van der Waals surface area contributed by atoms with Gasteiger partial charge in [-0.15, -0.1) is 0 Å². The van der Waals surface area contributed by atoms with Crippen molar-refractivity contribution >= 4 is 10.0 Å².